The summed E-state index contributed by atoms with van der Waals surface area (Å²) >= 11 is 0. The van der Waals surface area contributed by atoms with E-state index in [1.54, 1.807) is 0 Å². The standard InChI is InChI=1S/C14H26N4/c1-4-17-7-5-6-12(17)9-18-10-16-8-13(18)14(15)11(2)3/h8,10-12,14H,4-7,9,15H2,1-3H3. The SMILES string of the molecule is CCN1CCCC1Cn1cncc1C(N)C(C)C. The Bertz CT molecular complexity index is 372. The highest BCUT2D eigenvalue weighted by Gasteiger charge is 2.24. The first-order valence-electron chi connectivity index (χ1n) is 7.13. The third kappa shape index (κ3) is 2.75. The van der Waals surface area contributed by atoms with Crippen LogP contribution >= 0.6 is 0 Å². The van der Waals surface area contributed by atoms with E-state index in [-0.39, 0.29) is 6.04 Å². The predicted molar refractivity (Wildman–Crippen MR) is 74.3 cm³/mol. The zero-order chi connectivity index (χ0) is 13.1. The van der Waals surface area contributed by atoms with E-state index in [0.717, 1.165) is 13.1 Å². The minimum atomic E-state index is 0.0870. The molecule has 1 aromatic heterocycles. The maximum absolute atomic E-state index is 6.25. The number of nitrogens with two attached hydrogens (primary N) is 1. The second kappa shape index (κ2) is 5.85. The Morgan fingerprint density at radius 2 is 2.28 bits per heavy atom. The van der Waals surface area contributed by atoms with E-state index in [1.165, 1.54) is 25.1 Å². The molecule has 0 saturated carbocycles. The molecule has 0 amide bonds. The number of likely N-dealkylation sites (N-methyl/N-ethyl adjacent to an activating group) is 1. The highest BCUT2D eigenvalue weighted by molar-refractivity contribution is 5.06. The van der Waals surface area contributed by atoms with Crippen molar-refractivity contribution in [2.24, 2.45) is 11.7 Å². The Kier molecular flexibility index (Phi) is 4.40. The minimum Gasteiger partial charge on any atom is -0.332 e. The Hall–Kier alpha value is -0.870. The molecule has 1 aliphatic rings. The molecule has 2 N–H and O–H groups in total. The van der Waals surface area contributed by atoms with E-state index < -0.39 is 0 Å². The summed E-state index contributed by atoms with van der Waals surface area (Å²) in [6, 6.07) is 0.742. The van der Waals surface area contributed by atoms with Crippen molar-refractivity contribution in [1.82, 2.24) is 14.5 Å². The van der Waals surface area contributed by atoms with Gasteiger partial charge in [0.2, 0.25) is 0 Å². The molecule has 2 atom stereocenters. The van der Waals surface area contributed by atoms with Gasteiger partial charge < -0.3 is 10.3 Å². The zero-order valence-corrected chi connectivity index (χ0v) is 11.8. The van der Waals surface area contributed by atoms with Crippen molar-refractivity contribution in [3.05, 3.63) is 18.2 Å². The molecule has 0 aliphatic carbocycles. The molecule has 1 aromatic rings. The second-order valence-electron chi connectivity index (χ2n) is 5.67. The zero-order valence-electron chi connectivity index (χ0n) is 11.8. The average molecular weight is 250 g/mol. The number of imidazole rings is 1. The quantitative estimate of drug-likeness (QED) is 0.869. The summed E-state index contributed by atoms with van der Waals surface area (Å²) in [7, 11) is 0. The monoisotopic (exact) mass is 250 g/mol. The molecule has 0 spiro atoms. The first-order chi connectivity index (χ1) is 8.63. The molecule has 2 heterocycles. The van der Waals surface area contributed by atoms with Crippen LogP contribution in [-0.2, 0) is 6.54 Å². The molecule has 4 nitrogen and oxygen atoms in total. The van der Waals surface area contributed by atoms with Crippen LogP contribution in [0.15, 0.2) is 12.5 Å². The lowest BCUT2D eigenvalue weighted by atomic mass is 10.0. The third-order valence-electron chi connectivity index (χ3n) is 4.12. The van der Waals surface area contributed by atoms with Crippen molar-refractivity contribution in [3.63, 3.8) is 0 Å². The molecule has 1 aliphatic heterocycles. The molecule has 1 saturated heterocycles. The summed E-state index contributed by atoms with van der Waals surface area (Å²) in [6.07, 6.45) is 6.47. The molecule has 2 rings (SSSR count). The Balaban J connectivity index is 2.08. The number of hydrogen-bond acceptors (Lipinski definition) is 3. The van der Waals surface area contributed by atoms with Gasteiger partial charge in [-0.1, -0.05) is 20.8 Å². The van der Waals surface area contributed by atoms with Crippen molar-refractivity contribution < 1.29 is 0 Å². The van der Waals surface area contributed by atoms with Crippen LogP contribution in [0, 0.1) is 5.92 Å². The summed E-state index contributed by atoms with van der Waals surface area (Å²) in [5, 5.41) is 0. The minimum absolute atomic E-state index is 0.0870. The number of nitrogens with zero attached hydrogens (tertiary/aromatic N) is 3. The lowest BCUT2D eigenvalue weighted by molar-refractivity contribution is 0.241. The maximum Gasteiger partial charge on any atom is 0.0949 e. The van der Waals surface area contributed by atoms with Gasteiger partial charge in [0.15, 0.2) is 0 Å². The molecular formula is C14H26N4. The van der Waals surface area contributed by atoms with Crippen LogP contribution in [0.3, 0.4) is 0 Å². The highest BCUT2D eigenvalue weighted by atomic mass is 15.2. The fourth-order valence-corrected chi connectivity index (χ4v) is 2.85. The third-order valence-corrected chi connectivity index (χ3v) is 4.12. The van der Waals surface area contributed by atoms with E-state index in [4.69, 9.17) is 5.73 Å². The van der Waals surface area contributed by atoms with Gasteiger partial charge in [-0.15, -0.1) is 0 Å². The Labute approximate surface area is 110 Å². The number of aromatic nitrogens is 2. The fourth-order valence-electron chi connectivity index (χ4n) is 2.85. The van der Waals surface area contributed by atoms with Gasteiger partial charge in [-0.3, -0.25) is 4.90 Å². The molecule has 1 fully saturated rings. The number of hydrogen-bond donors (Lipinski definition) is 1. The van der Waals surface area contributed by atoms with E-state index in [1.807, 2.05) is 12.5 Å². The molecule has 18 heavy (non-hydrogen) atoms. The highest BCUT2D eigenvalue weighted by Crippen LogP contribution is 2.22. The van der Waals surface area contributed by atoms with Crippen molar-refractivity contribution >= 4 is 0 Å². The van der Waals surface area contributed by atoms with E-state index in [9.17, 15) is 0 Å². The van der Waals surface area contributed by atoms with Crippen LogP contribution in [-0.4, -0.2) is 33.6 Å². The summed E-state index contributed by atoms with van der Waals surface area (Å²) in [6.45, 7) is 9.98. The van der Waals surface area contributed by atoms with Crippen LogP contribution in [0.4, 0.5) is 0 Å². The average Bonchev–Trinajstić information content (AvgIpc) is 2.97. The fraction of sp³-hybridized carbons (Fsp3) is 0.786. The predicted octanol–water partition coefficient (Wildman–Crippen LogP) is 2.02. The normalized spacial score (nSPS) is 22.8. The molecule has 4 heteroatoms. The van der Waals surface area contributed by atoms with Gasteiger partial charge in [0.25, 0.3) is 0 Å². The molecule has 102 valence electrons. The largest absolute Gasteiger partial charge is 0.332 e. The van der Waals surface area contributed by atoms with Crippen LogP contribution in [0.5, 0.6) is 0 Å². The summed E-state index contributed by atoms with van der Waals surface area (Å²) in [5.41, 5.74) is 7.42. The topological polar surface area (TPSA) is 47.1 Å². The van der Waals surface area contributed by atoms with Gasteiger partial charge in [0.1, 0.15) is 0 Å². The number of likely N-dealkylation sites (tertiary alicyclic amines) is 1. The van der Waals surface area contributed by atoms with Crippen molar-refractivity contribution in [2.75, 3.05) is 13.1 Å². The summed E-state index contributed by atoms with van der Waals surface area (Å²) in [5.74, 6) is 0.450. The first kappa shape index (κ1) is 13.6. The van der Waals surface area contributed by atoms with Crippen molar-refractivity contribution in [3.8, 4) is 0 Å². The van der Waals surface area contributed by atoms with Crippen molar-refractivity contribution in [2.45, 2.75) is 52.2 Å². The summed E-state index contributed by atoms with van der Waals surface area (Å²) in [4.78, 5) is 6.84. The smallest absolute Gasteiger partial charge is 0.0949 e. The van der Waals surface area contributed by atoms with Gasteiger partial charge in [-0.05, 0) is 31.8 Å². The lowest BCUT2D eigenvalue weighted by Gasteiger charge is -2.25. The molecular weight excluding hydrogens is 224 g/mol. The van der Waals surface area contributed by atoms with E-state index >= 15 is 0 Å². The first-order valence-corrected chi connectivity index (χ1v) is 7.13. The van der Waals surface area contributed by atoms with Crippen LogP contribution < -0.4 is 5.73 Å². The summed E-state index contributed by atoms with van der Waals surface area (Å²) < 4.78 is 2.25. The molecule has 0 bridgehead atoms. The van der Waals surface area contributed by atoms with Gasteiger partial charge >= 0.3 is 0 Å². The van der Waals surface area contributed by atoms with E-state index in [0.29, 0.717) is 12.0 Å². The second-order valence-corrected chi connectivity index (χ2v) is 5.67. The van der Waals surface area contributed by atoms with Gasteiger partial charge in [-0.2, -0.15) is 0 Å². The van der Waals surface area contributed by atoms with Crippen LogP contribution in [0.25, 0.3) is 0 Å². The van der Waals surface area contributed by atoms with Crippen molar-refractivity contribution in [1.29, 1.82) is 0 Å². The van der Waals surface area contributed by atoms with Gasteiger partial charge in [-0.25, -0.2) is 4.98 Å². The van der Waals surface area contributed by atoms with Gasteiger partial charge in [0.05, 0.1) is 12.0 Å². The van der Waals surface area contributed by atoms with Gasteiger partial charge in [0, 0.05) is 24.8 Å². The number of rotatable bonds is 5. The van der Waals surface area contributed by atoms with Crippen LogP contribution in [0.2, 0.25) is 0 Å². The maximum atomic E-state index is 6.25. The van der Waals surface area contributed by atoms with Crippen LogP contribution in [0.1, 0.15) is 45.3 Å². The molecule has 0 radical (unpaired) electrons. The molecule has 2 unspecified atom stereocenters. The molecule has 0 aromatic carbocycles. The lowest BCUT2D eigenvalue weighted by Crippen LogP contribution is -2.33. The Morgan fingerprint density at radius 3 is 2.94 bits per heavy atom. The van der Waals surface area contributed by atoms with E-state index in [2.05, 4.69) is 35.2 Å². The Morgan fingerprint density at radius 1 is 1.50 bits per heavy atom.